The van der Waals surface area contributed by atoms with Crippen molar-refractivity contribution in [1.29, 1.82) is 0 Å². The van der Waals surface area contributed by atoms with Crippen LogP contribution in [0.5, 0.6) is 0 Å². The number of nitrogens with one attached hydrogen (secondary N) is 1. The molecule has 0 fully saturated rings. The highest BCUT2D eigenvalue weighted by atomic mass is 32.2. The fraction of sp³-hybridized carbons (Fsp3) is 0.333. The number of benzene rings is 1. The molecule has 26 heavy (non-hydrogen) atoms. The Morgan fingerprint density at radius 1 is 1.31 bits per heavy atom. The third kappa shape index (κ3) is 3.12. The zero-order valence-corrected chi connectivity index (χ0v) is 15.3. The molecule has 1 N–H and O–H groups in total. The lowest BCUT2D eigenvalue weighted by Gasteiger charge is -2.09. The predicted octanol–water partition coefficient (Wildman–Crippen LogP) is 2.13. The SMILES string of the molecule is CSc1cccc(NC(=O)Cn2ncn3nc4c(c3c2=O)CCCC4)c1. The van der Waals surface area contributed by atoms with E-state index < -0.39 is 0 Å². The summed E-state index contributed by atoms with van der Waals surface area (Å²) >= 11 is 1.60. The summed E-state index contributed by atoms with van der Waals surface area (Å²) < 4.78 is 2.76. The number of aryl methyl sites for hydroxylation is 2. The van der Waals surface area contributed by atoms with Gasteiger partial charge in [0.2, 0.25) is 5.91 Å². The molecule has 0 radical (unpaired) electrons. The molecule has 0 unspecified atom stereocenters. The lowest BCUT2D eigenvalue weighted by Crippen LogP contribution is -2.31. The van der Waals surface area contributed by atoms with E-state index in [9.17, 15) is 9.59 Å². The maximum absolute atomic E-state index is 12.8. The molecule has 1 aliphatic rings. The van der Waals surface area contributed by atoms with Crippen LogP contribution in [-0.4, -0.2) is 31.6 Å². The predicted molar refractivity (Wildman–Crippen MR) is 101 cm³/mol. The fourth-order valence-corrected chi connectivity index (χ4v) is 3.78. The number of fused-ring (bicyclic) bond motifs is 3. The summed E-state index contributed by atoms with van der Waals surface area (Å²) in [5.74, 6) is -0.282. The second kappa shape index (κ2) is 6.95. The van der Waals surface area contributed by atoms with Gasteiger partial charge >= 0.3 is 0 Å². The molecule has 0 aliphatic heterocycles. The Hall–Kier alpha value is -2.61. The Kier molecular flexibility index (Phi) is 4.50. The molecule has 0 spiro atoms. The lowest BCUT2D eigenvalue weighted by molar-refractivity contribution is -0.117. The van der Waals surface area contributed by atoms with Crippen LogP contribution in [0, 0.1) is 0 Å². The topological polar surface area (TPSA) is 81.3 Å². The van der Waals surface area contributed by atoms with Crippen LogP contribution in [0.3, 0.4) is 0 Å². The average molecular weight is 369 g/mol. The molecule has 0 bridgehead atoms. The third-order valence-electron chi connectivity index (χ3n) is 4.57. The summed E-state index contributed by atoms with van der Waals surface area (Å²) in [5.41, 5.74) is 2.97. The number of nitrogens with zero attached hydrogens (tertiary/aromatic N) is 4. The van der Waals surface area contributed by atoms with Crippen LogP contribution in [0.2, 0.25) is 0 Å². The smallest absolute Gasteiger partial charge is 0.293 e. The zero-order valence-electron chi connectivity index (χ0n) is 14.4. The lowest BCUT2D eigenvalue weighted by atomic mass is 9.97. The van der Waals surface area contributed by atoms with Crippen LogP contribution < -0.4 is 10.9 Å². The summed E-state index contributed by atoms with van der Waals surface area (Å²) in [4.78, 5) is 26.2. The molecule has 4 rings (SSSR count). The number of anilines is 1. The summed E-state index contributed by atoms with van der Waals surface area (Å²) in [5, 5.41) is 11.4. The van der Waals surface area contributed by atoms with Gasteiger partial charge in [-0.3, -0.25) is 9.59 Å². The monoisotopic (exact) mass is 369 g/mol. The van der Waals surface area contributed by atoms with Crippen LogP contribution in [0.15, 0.2) is 40.3 Å². The van der Waals surface area contributed by atoms with Gasteiger partial charge in [0.1, 0.15) is 18.4 Å². The minimum atomic E-state index is -0.282. The van der Waals surface area contributed by atoms with Gasteiger partial charge < -0.3 is 5.32 Å². The van der Waals surface area contributed by atoms with Gasteiger partial charge in [-0.15, -0.1) is 11.8 Å². The molecule has 1 amide bonds. The number of amides is 1. The quantitative estimate of drug-likeness (QED) is 0.713. The maximum Gasteiger partial charge on any atom is 0.293 e. The van der Waals surface area contributed by atoms with Crippen molar-refractivity contribution in [2.45, 2.75) is 37.1 Å². The molecule has 134 valence electrons. The maximum atomic E-state index is 12.8. The van der Waals surface area contributed by atoms with Gasteiger partial charge in [-0.2, -0.15) is 10.2 Å². The Morgan fingerprint density at radius 2 is 2.15 bits per heavy atom. The Bertz CT molecular complexity index is 1040. The highest BCUT2D eigenvalue weighted by Gasteiger charge is 2.20. The second-order valence-electron chi connectivity index (χ2n) is 6.30. The standard InChI is InChI=1S/C18H19N5O2S/c1-26-13-6-4-5-12(9-13)20-16(24)10-22-18(25)17-14-7-2-3-8-15(14)21-23(17)11-19-22/h4-6,9,11H,2-3,7-8,10H2,1H3,(H,20,24). The first-order chi connectivity index (χ1) is 12.7. The van der Waals surface area contributed by atoms with Gasteiger partial charge in [0.25, 0.3) is 5.56 Å². The van der Waals surface area contributed by atoms with Crippen molar-refractivity contribution in [2.24, 2.45) is 0 Å². The normalized spacial score (nSPS) is 13.6. The number of hydrogen-bond donors (Lipinski definition) is 1. The van der Waals surface area contributed by atoms with Gasteiger partial charge in [0, 0.05) is 16.1 Å². The van der Waals surface area contributed by atoms with Crippen molar-refractivity contribution >= 4 is 28.9 Å². The summed E-state index contributed by atoms with van der Waals surface area (Å²) in [7, 11) is 0. The van der Waals surface area contributed by atoms with E-state index in [0.29, 0.717) is 11.2 Å². The molecular formula is C18H19N5O2S. The van der Waals surface area contributed by atoms with Crippen molar-refractivity contribution in [3.8, 4) is 0 Å². The number of hydrogen-bond acceptors (Lipinski definition) is 5. The van der Waals surface area contributed by atoms with Gasteiger partial charge in [0.05, 0.1) is 5.69 Å². The highest BCUT2D eigenvalue weighted by molar-refractivity contribution is 7.98. The summed E-state index contributed by atoms with van der Waals surface area (Å²) in [6, 6.07) is 7.58. The van der Waals surface area contributed by atoms with Crippen LogP contribution in [0.1, 0.15) is 24.1 Å². The van der Waals surface area contributed by atoms with Crippen molar-refractivity contribution < 1.29 is 4.79 Å². The van der Waals surface area contributed by atoms with Gasteiger partial charge in [-0.25, -0.2) is 9.20 Å². The molecule has 0 atom stereocenters. The number of carbonyl (C=O) groups excluding carboxylic acids is 1. The Morgan fingerprint density at radius 3 is 3.00 bits per heavy atom. The zero-order chi connectivity index (χ0) is 18.1. The van der Waals surface area contributed by atoms with E-state index >= 15 is 0 Å². The average Bonchev–Trinajstić information content (AvgIpc) is 3.03. The molecule has 1 aromatic carbocycles. The minimum absolute atomic E-state index is 0.126. The van der Waals surface area contributed by atoms with Crippen molar-refractivity contribution in [1.82, 2.24) is 19.4 Å². The van der Waals surface area contributed by atoms with Crippen LogP contribution in [0.4, 0.5) is 5.69 Å². The second-order valence-corrected chi connectivity index (χ2v) is 7.18. The molecule has 8 heteroatoms. The molecule has 2 aromatic heterocycles. The number of aromatic nitrogens is 4. The van der Waals surface area contributed by atoms with Crippen molar-refractivity contribution in [3.63, 3.8) is 0 Å². The molecule has 7 nitrogen and oxygen atoms in total. The van der Waals surface area contributed by atoms with E-state index in [1.54, 1.807) is 16.3 Å². The number of rotatable bonds is 4. The highest BCUT2D eigenvalue weighted by Crippen LogP contribution is 2.22. The van der Waals surface area contributed by atoms with Crippen LogP contribution in [-0.2, 0) is 24.2 Å². The van der Waals surface area contributed by atoms with E-state index in [4.69, 9.17) is 0 Å². The fourth-order valence-electron chi connectivity index (χ4n) is 3.32. The van der Waals surface area contributed by atoms with Gasteiger partial charge in [0.15, 0.2) is 0 Å². The first-order valence-corrected chi connectivity index (χ1v) is 9.78. The van der Waals surface area contributed by atoms with E-state index in [-0.39, 0.29) is 18.0 Å². The molecule has 0 saturated carbocycles. The number of thioether (sulfide) groups is 1. The van der Waals surface area contributed by atoms with Gasteiger partial charge in [-0.05, 0) is 50.1 Å². The number of carbonyl (C=O) groups is 1. The van der Waals surface area contributed by atoms with Crippen molar-refractivity contribution in [2.75, 3.05) is 11.6 Å². The molecule has 3 aromatic rings. The molecular weight excluding hydrogens is 350 g/mol. The molecule has 1 aliphatic carbocycles. The Labute approximate surface area is 154 Å². The summed E-state index contributed by atoms with van der Waals surface area (Å²) in [6.07, 6.45) is 7.38. The third-order valence-corrected chi connectivity index (χ3v) is 5.29. The van der Waals surface area contributed by atoms with E-state index in [1.807, 2.05) is 30.5 Å². The van der Waals surface area contributed by atoms with Crippen LogP contribution >= 0.6 is 11.8 Å². The van der Waals surface area contributed by atoms with Crippen LogP contribution in [0.25, 0.3) is 5.52 Å². The first-order valence-electron chi connectivity index (χ1n) is 8.56. The van der Waals surface area contributed by atoms with E-state index in [1.165, 1.54) is 11.0 Å². The van der Waals surface area contributed by atoms with Crippen molar-refractivity contribution in [3.05, 3.63) is 52.2 Å². The van der Waals surface area contributed by atoms with E-state index in [0.717, 1.165) is 41.8 Å². The largest absolute Gasteiger partial charge is 0.324 e. The summed E-state index contributed by atoms with van der Waals surface area (Å²) in [6.45, 7) is -0.126. The minimum Gasteiger partial charge on any atom is -0.324 e. The molecule has 2 heterocycles. The Balaban J connectivity index is 1.59. The van der Waals surface area contributed by atoms with Gasteiger partial charge in [-0.1, -0.05) is 6.07 Å². The first kappa shape index (κ1) is 16.8. The molecule has 0 saturated heterocycles. The van der Waals surface area contributed by atoms with E-state index in [2.05, 4.69) is 15.5 Å².